The molecule has 2 aromatic carbocycles. The molecule has 2 N–H and O–H groups in total. The van der Waals surface area contributed by atoms with E-state index in [1.54, 1.807) is 0 Å². The van der Waals surface area contributed by atoms with Gasteiger partial charge in [-0.05, 0) is 50.0 Å². The van der Waals surface area contributed by atoms with Gasteiger partial charge in [-0.3, -0.25) is 4.79 Å². The van der Waals surface area contributed by atoms with Gasteiger partial charge >= 0.3 is 0 Å². The number of rotatable bonds is 6. The highest BCUT2D eigenvalue weighted by molar-refractivity contribution is 6.32. The van der Waals surface area contributed by atoms with E-state index in [4.69, 9.17) is 16.3 Å². The van der Waals surface area contributed by atoms with E-state index < -0.39 is 11.9 Å². The van der Waals surface area contributed by atoms with E-state index in [2.05, 4.69) is 10.6 Å². The maximum Gasteiger partial charge on any atom is 0.265 e. The second-order valence-corrected chi connectivity index (χ2v) is 6.85. The third-order valence-electron chi connectivity index (χ3n) is 4.44. The Hall–Kier alpha value is -1.82. The minimum absolute atomic E-state index is 0. The van der Waals surface area contributed by atoms with Crippen molar-refractivity contribution in [2.75, 3.05) is 19.6 Å². The maximum atomic E-state index is 13.3. The highest BCUT2D eigenvalue weighted by Crippen LogP contribution is 2.30. The molecule has 0 aliphatic carbocycles. The molecule has 1 heterocycles. The van der Waals surface area contributed by atoms with Crippen molar-refractivity contribution < 1.29 is 13.9 Å². The lowest BCUT2D eigenvalue weighted by molar-refractivity contribution is -0.128. The van der Waals surface area contributed by atoms with Gasteiger partial charge in [-0.2, -0.15) is 0 Å². The van der Waals surface area contributed by atoms with Crippen LogP contribution in [0.4, 0.5) is 4.39 Å². The lowest BCUT2D eigenvalue weighted by Gasteiger charge is -2.25. The largest absolute Gasteiger partial charge is 0.474 e. The van der Waals surface area contributed by atoms with Gasteiger partial charge in [0.25, 0.3) is 5.91 Å². The van der Waals surface area contributed by atoms with Crippen LogP contribution in [0.25, 0.3) is 0 Å². The van der Waals surface area contributed by atoms with Gasteiger partial charge in [0.2, 0.25) is 6.10 Å². The molecule has 1 aliphatic heterocycles. The Balaban J connectivity index is 0.00000261. The summed E-state index contributed by atoms with van der Waals surface area (Å²) in [6.45, 7) is 2.53. The molecule has 1 amide bonds. The van der Waals surface area contributed by atoms with Gasteiger partial charge in [0, 0.05) is 12.1 Å². The van der Waals surface area contributed by atoms with Crippen molar-refractivity contribution in [2.45, 2.75) is 18.9 Å². The molecule has 2 unspecified atom stereocenters. The quantitative estimate of drug-likeness (QED) is 0.749. The Kier molecular flexibility index (Phi) is 8.35. The molecular formula is C20H23Cl2FN2O2. The van der Waals surface area contributed by atoms with E-state index >= 15 is 0 Å². The van der Waals surface area contributed by atoms with Crippen molar-refractivity contribution in [3.63, 3.8) is 0 Å². The standard InChI is InChI=1S/C20H22ClFN2O2.ClH/c21-17-11-16(22)8-9-18(17)26-19(15-6-2-1-3-7-15)20(25)24-13-14-5-4-10-23-12-14;/h1-3,6-9,11,14,19,23H,4-5,10,12-13H2,(H,24,25);1H. The van der Waals surface area contributed by atoms with Crippen LogP contribution in [0.1, 0.15) is 24.5 Å². The topological polar surface area (TPSA) is 50.4 Å². The molecule has 1 aliphatic rings. The Morgan fingerprint density at radius 2 is 2.07 bits per heavy atom. The first-order chi connectivity index (χ1) is 12.6. The van der Waals surface area contributed by atoms with Crippen molar-refractivity contribution in [2.24, 2.45) is 5.92 Å². The van der Waals surface area contributed by atoms with Gasteiger partial charge in [0.1, 0.15) is 11.6 Å². The number of ether oxygens (including phenoxy) is 1. The third-order valence-corrected chi connectivity index (χ3v) is 4.74. The summed E-state index contributed by atoms with van der Waals surface area (Å²) in [6.07, 6.45) is 1.36. The molecule has 1 fully saturated rings. The zero-order chi connectivity index (χ0) is 18.4. The third kappa shape index (κ3) is 6.09. The number of piperidine rings is 1. The number of hydrogen-bond acceptors (Lipinski definition) is 3. The van der Waals surface area contributed by atoms with Crippen molar-refractivity contribution in [3.8, 4) is 5.75 Å². The first-order valence-electron chi connectivity index (χ1n) is 8.78. The Morgan fingerprint density at radius 1 is 1.30 bits per heavy atom. The SMILES string of the molecule is Cl.O=C(NCC1CCCNC1)C(Oc1ccc(F)cc1Cl)c1ccccc1. The molecule has 146 valence electrons. The number of benzene rings is 2. The number of nitrogens with one attached hydrogen (secondary N) is 2. The first-order valence-corrected chi connectivity index (χ1v) is 9.16. The van der Waals surface area contributed by atoms with Crippen LogP contribution < -0.4 is 15.4 Å². The Morgan fingerprint density at radius 3 is 2.74 bits per heavy atom. The summed E-state index contributed by atoms with van der Waals surface area (Å²) in [5, 5.41) is 6.45. The molecule has 0 radical (unpaired) electrons. The van der Waals surface area contributed by atoms with E-state index in [1.807, 2.05) is 30.3 Å². The summed E-state index contributed by atoms with van der Waals surface area (Å²) in [5.74, 6) is 0.00459. The van der Waals surface area contributed by atoms with Gasteiger partial charge in [-0.25, -0.2) is 4.39 Å². The summed E-state index contributed by atoms with van der Waals surface area (Å²) in [5.41, 5.74) is 0.715. The fourth-order valence-electron chi connectivity index (χ4n) is 3.03. The molecule has 1 saturated heterocycles. The molecule has 3 rings (SSSR count). The second-order valence-electron chi connectivity index (χ2n) is 6.44. The van der Waals surface area contributed by atoms with Crippen molar-refractivity contribution in [1.29, 1.82) is 0 Å². The average Bonchev–Trinajstić information content (AvgIpc) is 2.67. The van der Waals surface area contributed by atoms with Crippen LogP contribution in [-0.4, -0.2) is 25.5 Å². The van der Waals surface area contributed by atoms with E-state index in [0.29, 0.717) is 18.0 Å². The zero-order valence-electron chi connectivity index (χ0n) is 14.8. The van der Waals surface area contributed by atoms with Gasteiger partial charge in [-0.15, -0.1) is 12.4 Å². The lowest BCUT2D eigenvalue weighted by atomic mass is 9.99. The Labute approximate surface area is 169 Å². The van der Waals surface area contributed by atoms with Crippen molar-refractivity contribution in [1.82, 2.24) is 10.6 Å². The monoisotopic (exact) mass is 412 g/mol. The van der Waals surface area contributed by atoms with E-state index in [0.717, 1.165) is 25.9 Å². The predicted octanol–water partition coefficient (Wildman–Crippen LogP) is 4.14. The minimum Gasteiger partial charge on any atom is -0.474 e. The number of hydrogen-bond donors (Lipinski definition) is 2. The summed E-state index contributed by atoms with van der Waals surface area (Å²) in [4.78, 5) is 12.8. The van der Waals surface area contributed by atoms with E-state index in [9.17, 15) is 9.18 Å². The molecule has 0 aromatic heterocycles. The molecule has 0 saturated carbocycles. The van der Waals surface area contributed by atoms with Crippen molar-refractivity contribution >= 4 is 29.9 Å². The number of amides is 1. The predicted molar refractivity (Wildman–Crippen MR) is 107 cm³/mol. The molecule has 0 bridgehead atoms. The van der Waals surface area contributed by atoms with Crippen LogP contribution in [0.2, 0.25) is 5.02 Å². The zero-order valence-corrected chi connectivity index (χ0v) is 16.4. The van der Waals surface area contributed by atoms with Crippen LogP contribution in [-0.2, 0) is 4.79 Å². The van der Waals surface area contributed by atoms with Crippen LogP contribution in [0.5, 0.6) is 5.75 Å². The highest BCUT2D eigenvalue weighted by atomic mass is 35.5. The van der Waals surface area contributed by atoms with E-state index in [1.165, 1.54) is 18.2 Å². The normalized spacial score (nSPS) is 17.5. The first kappa shape index (κ1) is 21.5. The van der Waals surface area contributed by atoms with Gasteiger partial charge in [0.15, 0.2) is 0 Å². The van der Waals surface area contributed by atoms with Crippen LogP contribution in [0.15, 0.2) is 48.5 Å². The molecule has 2 aromatic rings. The molecular weight excluding hydrogens is 390 g/mol. The molecule has 4 nitrogen and oxygen atoms in total. The van der Waals surface area contributed by atoms with Crippen LogP contribution in [0, 0.1) is 11.7 Å². The molecule has 2 atom stereocenters. The maximum absolute atomic E-state index is 13.3. The van der Waals surface area contributed by atoms with Gasteiger partial charge in [-0.1, -0.05) is 41.9 Å². The number of halogens is 3. The smallest absolute Gasteiger partial charge is 0.265 e. The Bertz CT molecular complexity index is 740. The summed E-state index contributed by atoms with van der Waals surface area (Å²) in [7, 11) is 0. The summed E-state index contributed by atoms with van der Waals surface area (Å²) < 4.78 is 19.1. The second kappa shape index (κ2) is 10.5. The summed E-state index contributed by atoms with van der Waals surface area (Å²) >= 11 is 6.06. The van der Waals surface area contributed by atoms with Crippen LogP contribution in [0.3, 0.4) is 0 Å². The number of carbonyl (C=O) groups is 1. The molecule has 0 spiro atoms. The minimum atomic E-state index is -0.851. The fourth-order valence-corrected chi connectivity index (χ4v) is 3.25. The van der Waals surface area contributed by atoms with Gasteiger partial charge < -0.3 is 15.4 Å². The molecule has 7 heteroatoms. The highest BCUT2D eigenvalue weighted by Gasteiger charge is 2.24. The molecule has 27 heavy (non-hydrogen) atoms. The lowest BCUT2D eigenvalue weighted by Crippen LogP contribution is -2.40. The van der Waals surface area contributed by atoms with E-state index in [-0.39, 0.29) is 29.1 Å². The number of carbonyl (C=O) groups excluding carboxylic acids is 1. The van der Waals surface area contributed by atoms with Crippen LogP contribution >= 0.6 is 24.0 Å². The average molecular weight is 413 g/mol. The fraction of sp³-hybridized carbons (Fsp3) is 0.350. The van der Waals surface area contributed by atoms with Crippen molar-refractivity contribution in [3.05, 3.63) is 64.9 Å². The summed E-state index contributed by atoms with van der Waals surface area (Å²) in [6, 6.07) is 13.1. The van der Waals surface area contributed by atoms with Gasteiger partial charge in [0.05, 0.1) is 5.02 Å².